The SMILES string of the molecule is COc1cc(C)c(-c2nc3ccccc3c(=O)n2N=Cc2cc(OC)c(Oc3ccc([N+](=O)[O-])cn3)c([N+](=O)[O-])c2)cc1C(C)C. The predicted molar refractivity (Wildman–Crippen MR) is 170 cm³/mol. The Kier molecular flexibility index (Phi) is 8.71. The van der Waals surface area contributed by atoms with Crippen molar-refractivity contribution in [3.8, 4) is 34.5 Å². The molecule has 46 heavy (non-hydrogen) atoms. The molecule has 0 aliphatic rings. The summed E-state index contributed by atoms with van der Waals surface area (Å²) in [7, 11) is 2.89. The smallest absolute Gasteiger partial charge is 0.316 e. The average molecular weight is 625 g/mol. The molecule has 0 saturated heterocycles. The third-order valence-electron chi connectivity index (χ3n) is 7.13. The van der Waals surface area contributed by atoms with Gasteiger partial charge in [0.2, 0.25) is 11.6 Å². The summed E-state index contributed by atoms with van der Waals surface area (Å²) in [6, 6.07) is 15.7. The zero-order valence-corrected chi connectivity index (χ0v) is 25.5. The van der Waals surface area contributed by atoms with E-state index in [4.69, 9.17) is 19.2 Å². The minimum absolute atomic E-state index is 0.0346. The normalized spacial score (nSPS) is 11.3. The number of nitro groups is 2. The van der Waals surface area contributed by atoms with E-state index in [1.54, 1.807) is 31.4 Å². The fourth-order valence-corrected chi connectivity index (χ4v) is 4.81. The number of methoxy groups -OCH3 is 2. The third-order valence-corrected chi connectivity index (χ3v) is 7.13. The van der Waals surface area contributed by atoms with Crippen LogP contribution < -0.4 is 19.8 Å². The summed E-state index contributed by atoms with van der Waals surface area (Å²) in [6.07, 6.45) is 2.25. The highest BCUT2D eigenvalue weighted by Gasteiger charge is 2.24. The summed E-state index contributed by atoms with van der Waals surface area (Å²) in [4.78, 5) is 44.2. The molecule has 0 spiro atoms. The van der Waals surface area contributed by atoms with Crippen molar-refractivity contribution in [2.45, 2.75) is 26.7 Å². The Balaban J connectivity index is 1.65. The van der Waals surface area contributed by atoms with Crippen molar-refractivity contribution in [2.75, 3.05) is 14.2 Å². The van der Waals surface area contributed by atoms with Gasteiger partial charge in [-0.15, -0.1) is 0 Å². The maximum atomic E-state index is 13.8. The van der Waals surface area contributed by atoms with Gasteiger partial charge in [0, 0.05) is 29.3 Å². The highest BCUT2D eigenvalue weighted by molar-refractivity contribution is 5.84. The molecule has 0 aliphatic heterocycles. The zero-order valence-electron chi connectivity index (χ0n) is 25.5. The number of benzene rings is 3. The van der Waals surface area contributed by atoms with Gasteiger partial charge in [0.25, 0.3) is 11.2 Å². The molecule has 0 atom stereocenters. The Morgan fingerprint density at radius 1 is 0.957 bits per heavy atom. The van der Waals surface area contributed by atoms with Crippen molar-refractivity contribution in [3.05, 3.63) is 114 Å². The van der Waals surface area contributed by atoms with Crippen molar-refractivity contribution in [2.24, 2.45) is 5.10 Å². The number of aryl methyl sites for hydroxylation is 1. The molecule has 5 aromatic rings. The van der Waals surface area contributed by atoms with Crippen molar-refractivity contribution in [1.29, 1.82) is 0 Å². The number of nitro benzene ring substituents is 1. The van der Waals surface area contributed by atoms with E-state index in [0.717, 1.165) is 28.1 Å². The molecule has 0 N–H and O–H groups in total. The van der Waals surface area contributed by atoms with Gasteiger partial charge in [-0.1, -0.05) is 26.0 Å². The first-order chi connectivity index (χ1) is 22.0. The lowest BCUT2D eigenvalue weighted by Crippen LogP contribution is -2.20. The highest BCUT2D eigenvalue weighted by atomic mass is 16.6. The lowest BCUT2D eigenvalue weighted by molar-refractivity contribution is -0.385. The number of pyridine rings is 1. The molecule has 5 rings (SSSR count). The van der Waals surface area contributed by atoms with Gasteiger partial charge in [-0.2, -0.15) is 9.78 Å². The minimum Gasteiger partial charge on any atom is -0.496 e. The number of hydrogen-bond donors (Lipinski definition) is 0. The number of nitrogens with zero attached hydrogens (tertiary/aromatic N) is 6. The van der Waals surface area contributed by atoms with Gasteiger partial charge < -0.3 is 14.2 Å². The number of hydrogen-bond acceptors (Lipinski definition) is 11. The van der Waals surface area contributed by atoms with E-state index in [2.05, 4.69) is 10.1 Å². The van der Waals surface area contributed by atoms with E-state index in [1.807, 2.05) is 32.9 Å². The van der Waals surface area contributed by atoms with E-state index in [0.29, 0.717) is 22.2 Å². The molecule has 0 amide bonds. The molecular weight excluding hydrogens is 596 g/mol. The number of fused-ring (bicyclic) bond motifs is 1. The Hall–Kier alpha value is -6.18. The molecule has 0 bridgehead atoms. The number of aromatic nitrogens is 3. The average Bonchev–Trinajstić information content (AvgIpc) is 3.04. The summed E-state index contributed by atoms with van der Waals surface area (Å²) >= 11 is 0. The fourth-order valence-electron chi connectivity index (χ4n) is 4.81. The van der Waals surface area contributed by atoms with Gasteiger partial charge >= 0.3 is 5.69 Å². The maximum Gasteiger partial charge on any atom is 0.316 e. The van der Waals surface area contributed by atoms with Crippen LogP contribution in [0.1, 0.15) is 36.5 Å². The third kappa shape index (κ3) is 6.08. The van der Waals surface area contributed by atoms with Crippen LogP contribution in [-0.2, 0) is 0 Å². The molecule has 14 nitrogen and oxygen atoms in total. The Labute approximate surface area is 261 Å². The van der Waals surface area contributed by atoms with E-state index >= 15 is 0 Å². The van der Waals surface area contributed by atoms with Crippen LogP contribution in [0.15, 0.2) is 76.8 Å². The Bertz CT molecular complexity index is 2070. The van der Waals surface area contributed by atoms with Crippen molar-refractivity contribution >= 4 is 28.5 Å². The molecule has 0 unspecified atom stereocenters. The van der Waals surface area contributed by atoms with Gasteiger partial charge in [-0.25, -0.2) is 9.97 Å². The van der Waals surface area contributed by atoms with Gasteiger partial charge in [0.05, 0.1) is 41.2 Å². The lowest BCUT2D eigenvalue weighted by Gasteiger charge is -2.17. The van der Waals surface area contributed by atoms with Crippen LogP contribution in [-0.4, -0.2) is 44.9 Å². The van der Waals surface area contributed by atoms with Crippen LogP contribution >= 0.6 is 0 Å². The molecule has 234 valence electrons. The fraction of sp³-hybridized carbons (Fsp3) is 0.188. The van der Waals surface area contributed by atoms with Crippen LogP contribution in [0.25, 0.3) is 22.3 Å². The largest absolute Gasteiger partial charge is 0.496 e. The molecule has 0 radical (unpaired) electrons. The lowest BCUT2D eigenvalue weighted by atomic mass is 9.96. The monoisotopic (exact) mass is 624 g/mol. The van der Waals surface area contributed by atoms with E-state index in [-0.39, 0.29) is 40.4 Å². The van der Waals surface area contributed by atoms with Crippen molar-refractivity contribution in [1.82, 2.24) is 14.6 Å². The molecule has 0 saturated carbocycles. The second-order valence-electron chi connectivity index (χ2n) is 10.4. The number of para-hydroxylation sites is 1. The van der Waals surface area contributed by atoms with Crippen molar-refractivity contribution in [3.63, 3.8) is 0 Å². The minimum atomic E-state index is -0.677. The zero-order chi connectivity index (χ0) is 33.1. The van der Waals surface area contributed by atoms with Gasteiger partial charge in [-0.3, -0.25) is 25.0 Å². The second-order valence-corrected chi connectivity index (χ2v) is 10.4. The summed E-state index contributed by atoms with van der Waals surface area (Å²) in [5.41, 5.74) is 1.87. The first kappa shape index (κ1) is 31.3. The molecule has 0 fully saturated rings. The highest BCUT2D eigenvalue weighted by Crippen LogP contribution is 2.41. The van der Waals surface area contributed by atoms with Gasteiger partial charge in [0.1, 0.15) is 11.9 Å². The van der Waals surface area contributed by atoms with Crippen LogP contribution in [0.2, 0.25) is 0 Å². The van der Waals surface area contributed by atoms with E-state index in [9.17, 15) is 25.0 Å². The Morgan fingerprint density at radius 3 is 2.33 bits per heavy atom. The first-order valence-corrected chi connectivity index (χ1v) is 13.9. The maximum absolute atomic E-state index is 13.8. The summed E-state index contributed by atoms with van der Waals surface area (Å²) in [5, 5.41) is 27.9. The standard InChI is InChI=1S/C32H28N6O8/c1-18(2)23-15-24(19(3)12-27(23)44-4)31-35-25-9-7-6-8-22(25)32(39)36(31)34-16-20-13-26(38(42)43)30(28(14-20)45-5)46-29-11-10-21(17-33-29)37(40)41/h6-18H,1-5H3. The number of ether oxygens (including phenoxy) is 3. The van der Waals surface area contributed by atoms with E-state index in [1.165, 1.54) is 31.5 Å². The Morgan fingerprint density at radius 2 is 1.70 bits per heavy atom. The summed E-state index contributed by atoms with van der Waals surface area (Å²) in [5.74, 6) is 0.655. The van der Waals surface area contributed by atoms with Gasteiger partial charge in [-0.05, 0) is 54.3 Å². The van der Waals surface area contributed by atoms with Crippen molar-refractivity contribution < 1.29 is 24.1 Å². The molecule has 2 aromatic heterocycles. The summed E-state index contributed by atoms with van der Waals surface area (Å²) in [6.45, 7) is 5.94. The molecule has 0 aliphatic carbocycles. The van der Waals surface area contributed by atoms with Crippen LogP contribution in [0, 0.1) is 27.2 Å². The van der Waals surface area contributed by atoms with Crippen LogP contribution in [0.5, 0.6) is 23.1 Å². The predicted octanol–water partition coefficient (Wildman–Crippen LogP) is 6.40. The topological polar surface area (TPSA) is 174 Å². The molecule has 14 heteroatoms. The molecular formula is C32H28N6O8. The second kappa shape index (κ2) is 12.8. The quantitative estimate of drug-likeness (QED) is 0.0960. The van der Waals surface area contributed by atoms with Crippen LogP contribution in [0.3, 0.4) is 0 Å². The summed E-state index contributed by atoms with van der Waals surface area (Å²) < 4.78 is 17.8. The number of rotatable bonds is 10. The molecule has 2 heterocycles. The van der Waals surface area contributed by atoms with Gasteiger partial charge in [0.15, 0.2) is 11.6 Å². The first-order valence-electron chi connectivity index (χ1n) is 13.9. The van der Waals surface area contributed by atoms with E-state index < -0.39 is 21.1 Å². The van der Waals surface area contributed by atoms with Crippen LogP contribution in [0.4, 0.5) is 11.4 Å². The molecule has 3 aromatic carbocycles.